The third kappa shape index (κ3) is 4.30. The predicted octanol–water partition coefficient (Wildman–Crippen LogP) is 2.26. The Balaban J connectivity index is 1.92. The zero-order valence-corrected chi connectivity index (χ0v) is 11.4. The maximum absolute atomic E-state index is 12.6. The molecule has 0 saturated carbocycles. The summed E-state index contributed by atoms with van der Waals surface area (Å²) in [6.45, 7) is 0.653. The molecule has 0 radical (unpaired) electrons. The van der Waals surface area contributed by atoms with Gasteiger partial charge in [0.1, 0.15) is 0 Å². The van der Waals surface area contributed by atoms with Crippen LogP contribution in [-0.2, 0) is 19.8 Å². The van der Waals surface area contributed by atoms with E-state index in [2.05, 4.69) is 10.4 Å². The Kier molecular flexibility index (Phi) is 4.64. The molecule has 1 atom stereocenters. The fourth-order valence-electron chi connectivity index (χ4n) is 1.96. The minimum absolute atomic E-state index is 0.163. The second kappa shape index (κ2) is 6.28. The van der Waals surface area contributed by atoms with Crippen molar-refractivity contribution in [3.05, 3.63) is 53.3 Å². The molecule has 0 aliphatic heterocycles. The summed E-state index contributed by atoms with van der Waals surface area (Å²) in [6.07, 6.45) is -1.89. The number of nitrogens with one attached hydrogen (secondary N) is 1. The molecule has 1 aromatic heterocycles. The normalized spacial score (nSPS) is 13.4. The van der Waals surface area contributed by atoms with Gasteiger partial charge in [-0.1, -0.05) is 12.1 Å². The van der Waals surface area contributed by atoms with Gasteiger partial charge in [0.2, 0.25) is 0 Å². The van der Waals surface area contributed by atoms with Crippen molar-refractivity contribution in [1.29, 1.82) is 0 Å². The molecule has 114 valence electrons. The molecule has 0 aliphatic rings. The average Bonchev–Trinajstić information content (AvgIpc) is 2.83. The molecule has 21 heavy (non-hydrogen) atoms. The number of alkyl halides is 3. The summed E-state index contributed by atoms with van der Waals surface area (Å²) in [4.78, 5) is 0. The van der Waals surface area contributed by atoms with Crippen molar-refractivity contribution in [2.24, 2.45) is 7.05 Å². The summed E-state index contributed by atoms with van der Waals surface area (Å²) in [7, 11) is 1.79. The van der Waals surface area contributed by atoms with Gasteiger partial charge < -0.3 is 10.4 Å². The van der Waals surface area contributed by atoms with E-state index in [4.69, 9.17) is 0 Å². The molecule has 0 amide bonds. The molecule has 0 aliphatic carbocycles. The molecule has 2 aromatic rings. The molecule has 1 aromatic carbocycles. The minimum atomic E-state index is -4.40. The number of aliphatic hydroxyl groups is 1. The van der Waals surface area contributed by atoms with E-state index in [1.54, 1.807) is 17.9 Å². The largest absolute Gasteiger partial charge is 0.416 e. The zero-order valence-electron chi connectivity index (χ0n) is 11.4. The molecule has 0 bridgehead atoms. The Morgan fingerprint density at radius 1 is 1.38 bits per heavy atom. The lowest BCUT2D eigenvalue weighted by Gasteiger charge is -2.14. The standard InChI is InChI=1S/C14H16F3N3O/c1-20-9-10(7-19-20)6-18-8-13(21)11-3-2-4-12(5-11)14(15,16)17/h2-5,7,9,13,18,21H,6,8H2,1H3. The van der Waals surface area contributed by atoms with Crippen LogP contribution in [0.3, 0.4) is 0 Å². The van der Waals surface area contributed by atoms with Crippen LogP contribution in [0.25, 0.3) is 0 Å². The molecule has 2 rings (SSSR count). The molecule has 1 unspecified atom stereocenters. The predicted molar refractivity (Wildman–Crippen MR) is 71.3 cm³/mol. The molecule has 0 spiro atoms. The zero-order chi connectivity index (χ0) is 15.5. The highest BCUT2D eigenvalue weighted by Gasteiger charge is 2.30. The van der Waals surface area contributed by atoms with Crippen molar-refractivity contribution in [1.82, 2.24) is 15.1 Å². The third-order valence-electron chi connectivity index (χ3n) is 3.02. The first-order chi connectivity index (χ1) is 9.86. The van der Waals surface area contributed by atoms with Crippen LogP contribution in [0.4, 0.5) is 13.2 Å². The molecule has 0 fully saturated rings. The van der Waals surface area contributed by atoms with Crippen LogP contribution in [0.2, 0.25) is 0 Å². The minimum Gasteiger partial charge on any atom is -0.387 e. The van der Waals surface area contributed by atoms with Gasteiger partial charge in [-0.3, -0.25) is 4.68 Å². The lowest BCUT2D eigenvalue weighted by atomic mass is 10.1. The van der Waals surface area contributed by atoms with Crippen molar-refractivity contribution in [3.63, 3.8) is 0 Å². The summed E-state index contributed by atoms with van der Waals surface area (Å²) in [5, 5.41) is 16.9. The van der Waals surface area contributed by atoms with E-state index < -0.39 is 17.8 Å². The van der Waals surface area contributed by atoms with Crippen molar-refractivity contribution >= 4 is 0 Å². The first kappa shape index (κ1) is 15.5. The maximum atomic E-state index is 12.6. The number of hydrogen-bond donors (Lipinski definition) is 2. The van der Waals surface area contributed by atoms with Gasteiger partial charge in [0.15, 0.2) is 0 Å². The summed E-state index contributed by atoms with van der Waals surface area (Å²) in [5.74, 6) is 0. The third-order valence-corrected chi connectivity index (χ3v) is 3.02. The molecular weight excluding hydrogens is 283 g/mol. The molecule has 7 heteroatoms. The summed E-state index contributed by atoms with van der Waals surface area (Å²) >= 11 is 0. The summed E-state index contributed by atoms with van der Waals surface area (Å²) in [5.41, 5.74) is 0.420. The van der Waals surface area contributed by atoms with Crippen LogP contribution in [0.15, 0.2) is 36.7 Å². The van der Waals surface area contributed by atoms with Crippen LogP contribution in [-0.4, -0.2) is 21.4 Å². The number of aryl methyl sites for hydroxylation is 1. The van der Waals surface area contributed by atoms with E-state index in [0.29, 0.717) is 6.54 Å². The van der Waals surface area contributed by atoms with Crippen molar-refractivity contribution in [3.8, 4) is 0 Å². The van der Waals surface area contributed by atoms with Gasteiger partial charge in [0, 0.05) is 31.9 Å². The molecule has 0 saturated heterocycles. The van der Waals surface area contributed by atoms with Crippen molar-refractivity contribution in [2.45, 2.75) is 18.8 Å². The average molecular weight is 299 g/mol. The molecule has 1 heterocycles. The van der Waals surface area contributed by atoms with Gasteiger partial charge >= 0.3 is 6.18 Å². The molecule has 2 N–H and O–H groups in total. The van der Waals surface area contributed by atoms with E-state index in [9.17, 15) is 18.3 Å². The smallest absolute Gasteiger partial charge is 0.387 e. The number of hydrogen-bond acceptors (Lipinski definition) is 3. The molecule has 4 nitrogen and oxygen atoms in total. The number of nitrogens with zero attached hydrogens (tertiary/aromatic N) is 2. The maximum Gasteiger partial charge on any atom is 0.416 e. The highest BCUT2D eigenvalue weighted by Crippen LogP contribution is 2.30. The number of aromatic nitrogens is 2. The van der Waals surface area contributed by atoms with Crippen LogP contribution in [0.1, 0.15) is 22.8 Å². The monoisotopic (exact) mass is 299 g/mol. The lowest BCUT2D eigenvalue weighted by Crippen LogP contribution is -2.21. The van der Waals surface area contributed by atoms with E-state index in [1.807, 2.05) is 6.20 Å². The van der Waals surface area contributed by atoms with E-state index in [1.165, 1.54) is 12.1 Å². The Labute approximate surface area is 120 Å². The van der Waals surface area contributed by atoms with Gasteiger partial charge in [0.05, 0.1) is 17.9 Å². The fourth-order valence-corrected chi connectivity index (χ4v) is 1.96. The number of benzene rings is 1. The number of halogens is 3. The van der Waals surface area contributed by atoms with Crippen molar-refractivity contribution < 1.29 is 18.3 Å². The lowest BCUT2D eigenvalue weighted by molar-refractivity contribution is -0.137. The fraction of sp³-hybridized carbons (Fsp3) is 0.357. The van der Waals surface area contributed by atoms with Crippen LogP contribution in [0, 0.1) is 0 Å². The summed E-state index contributed by atoms with van der Waals surface area (Å²) in [6, 6.07) is 4.73. The van der Waals surface area contributed by atoms with Crippen LogP contribution >= 0.6 is 0 Å². The van der Waals surface area contributed by atoms with Gasteiger partial charge in [-0.2, -0.15) is 18.3 Å². The quantitative estimate of drug-likeness (QED) is 0.890. The van der Waals surface area contributed by atoms with Gasteiger partial charge in [0.25, 0.3) is 0 Å². The Bertz CT molecular complexity index is 595. The van der Waals surface area contributed by atoms with E-state index in [-0.39, 0.29) is 12.1 Å². The first-order valence-corrected chi connectivity index (χ1v) is 6.40. The molecular formula is C14H16F3N3O. The Hall–Kier alpha value is -1.86. The first-order valence-electron chi connectivity index (χ1n) is 6.40. The second-order valence-electron chi connectivity index (χ2n) is 4.79. The SMILES string of the molecule is Cn1cc(CNCC(O)c2cccc(C(F)(F)F)c2)cn1. The Morgan fingerprint density at radius 2 is 2.14 bits per heavy atom. The van der Waals surface area contributed by atoms with Gasteiger partial charge in [-0.15, -0.1) is 0 Å². The number of rotatable bonds is 5. The Morgan fingerprint density at radius 3 is 2.76 bits per heavy atom. The highest BCUT2D eigenvalue weighted by atomic mass is 19.4. The van der Waals surface area contributed by atoms with Crippen molar-refractivity contribution in [2.75, 3.05) is 6.54 Å². The highest BCUT2D eigenvalue weighted by molar-refractivity contribution is 5.27. The van der Waals surface area contributed by atoms with Crippen LogP contribution < -0.4 is 5.32 Å². The second-order valence-corrected chi connectivity index (χ2v) is 4.79. The van der Waals surface area contributed by atoms with E-state index >= 15 is 0 Å². The topological polar surface area (TPSA) is 50.1 Å². The number of aliphatic hydroxyl groups excluding tert-OH is 1. The van der Waals surface area contributed by atoms with Crippen LogP contribution in [0.5, 0.6) is 0 Å². The summed E-state index contributed by atoms with van der Waals surface area (Å²) < 4.78 is 39.5. The van der Waals surface area contributed by atoms with E-state index in [0.717, 1.165) is 17.7 Å². The van der Waals surface area contributed by atoms with Gasteiger partial charge in [-0.25, -0.2) is 0 Å². The van der Waals surface area contributed by atoms with Gasteiger partial charge in [-0.05, 0) is 17.7 Å².